The number of halogens is 4. The lowest BCUT2D eigenvalue weighted by atomic mass is 10.1. The van der Waals surface area contributed by atoms with E-state index in [0.717, 1.165) is 21.3 Å². The Morgan fingerprint density at radius 2 is 1.88 bits per heavy atom. The highest BCUT2D eigenvalue weighted by molar-refractivity contribution is 9.10. The average molecular weight is 528 g/mol. The predicted molar refractivity (Wildman–Crippen MR) is 129 cm³/mol. The molecule has 1 heterocycles. The van der Waals surface area contributed by atoms with Gasteiger partial charge in [-0.15, -0.1) is 0 Å². The molecule has 4 rings (SSSR count). The maximum atomic E-state index is 13.3. The van der Waals surface area contributed by atoms with E-state index in [0.29, 0.717) is 16.8 Å². The molecule has 0 radical (unpaired) electrons. The Labute approximate surface area is 201 Å². The molecule has 0 fully saturated rings. The summed E-state index contributed by atoms with van der Waals surface area (Å²) < 4.78 is 47.4. The number of hydrogen-bond acceptors (Lipinski definition) is 4. The van der Waals surface area contributed by atoms with Gasteiger partial charge in [-0.1, -0.05) is 52.9 Å². The predicted octanol–water partition coefficient (Wildman–Crippen LogP) is 6.29. The molecular formula is C25H17BrF3N3O2. The van der Waals surface area contributed by atoms with Gasteiger partial charge in [0.05, 0.1) is 22.7 Å². The molecule has 3 aromatic carbocycles. The maximum absolute atomic E-state index is 13.3. The van der Waals surface area contributed by atoms with Crippen molar-refractivity contribution in [2.75, 3.05) is 6.61 Å². The highest BCUT2D eigenvalue weighted by atomic mass is 79.9. The summed E-state index contributed by atoms with van der Waals surface area (Å²) in [4.78, 5) is 17.7. The number of hydrogen-bond donors (Lipinski definition) is 0. The van der Waals surface area contributed by atoms with Crippen molar-refractivity contribution in [3.05, 3.63) is 105 Å². The number of nitrogens with zero attached hydrogens (tertiary/aromatic N) is 3. The third-order valence-electron chi connectivity index (χ3n) is 4.84. The van der Waals surface area contributed by atoms with Crippen LogP contribution in [0.1, 0.15) is 11.1 Å². The Balaban J connectivity index is 1.92. The van der Waals surface area contributed by atoms with Crippen molar-refractivity contribution in [3.8, 4) is 17.1 Å². The number of para-hydroxylation sites is 1. The van der Waals surface area contributed by atoms with Crippen LogP contribution in [-0.2, 0) is 6.18 Å². The van der Waals surface area contributed by atoms with Crippen LogP contribution in [0, 0.1) is 0 Å². The molecule has 4 aromatic rings. The second-order valence-corrected chi connectivity index (χ2v) is 8.09. The van der Waals surface area contributed by atoms with Gasteiger partial charge in [-0.05, 0) is 42.5 Å². The molecule has 0 N–H and O–H groups in total. The van der Waals surface area contributed by atoms with Crippen molar-refractivity contribution >= 4 is 33.0 Å². The number of fused-ring (bicyclic) bond motifs is 1. The highest BCUT2D eigenvalue weighted by Gasteiger charge is 2.31. The van der Waals surface area contributed by atoms with Gasteiger partial charge in [-0.2, -0.15) is 22.9 Å². The quantitative estimate of drug-likeness (QED) is 0.218. The summed E-state index contributed by atoms with van der Waals surface area (Å²) in [6, 6.07) is 16.5. The number of rotatable bonds is 6. The molecule has 1 aromatic heterocycles. The van der Waals surface area contributed by atoms with Crippen molar-refractivity contribution in [2.45, 2.75) is 6.18 Å². The third-order valence-corrected chi connectivity index (χ3v) is 5.34. The van der Waals surface area contributed by atoms with E-state index in [1.807, 2.05) is 0 Å². The lowest BCUT2D eigenvalue weighted by Crippen LogP contribution is -2.20. The molecule has 0 aliphatic carbocycles. The number of benzene rings is 3. The number of ether oxygens (including phenoxy) is 1. The van der Waals surface area contributed by atoms with Gasteiger partial charge in [-0.25, -0.2) is 4.98 Å². The minimum Gasteiger partial charge on any atom is -0.489 e. The molecule has 0 aliphatic heterocycles. The van der Waals surface area contributed by atoms with Crippen LogP contribution in [0.4, 0.5) is 13.2 Å². The molecule has 172 valence electrons. The lowest BCUT2D eigenvalue weighted by Gasteiger charge is -2.12. The first-order valence-electron chi connectivity index (χ1n) is 10.0. The molecule has 0 amide bonds. The lowest BCUT2D eigenvalue weighted by molar-refractivity contribution is -0.137. The van der Waals surface area contributed by atoms with Crippen molar-refractivity contribution in [2.24, 2.45) is 5.10 Å². The highest BCUT2D eigenvalue weighted by Crippen LogP contribution is 2.32. The topological polar surface area (TPSA) is 56.5 Å². The second kappa shape index (κ2) is 9.64. The van der Waals surface area contributed by atoms with Crippen molar-refractivity contribution in [1.29, 1.82) is 0 Å². The van der Waals surface area contributed by atoms with E-state index in [4.69, 9.17) is 4.74 Å². The van der Waals surface area contributed by atoms with E-state index in [2.05, 4.69) is 32.6 Å². The van der Waals surface area contributed by atoms with Crippen LogP contribution in [-0.4, -0.2) is 22.5 Å². The summed E-state index contributed by atoms with van der Waals surface area (Å²) in [5.74, 6) is 0.476. The standard InChI is InChI=1S/C25H17BrF3N3O2/c1-2-12-34-22-11-10-19(26)14-17(22)15-30-32-23(16-6-5-7-18(13-16)25(27,28)29)31-21-9-4-3-8-20(21)24(32)33/h2-11,13-15H,1,12H2. The van der Waals surface area contributed by atoms with Crippen LogP contribution in [0.25, 0.3) is 22.3 Å². The molecule has 0 aliphatic rings. The first kappa shape index (κ1) is 23.4. The average Bonchev–Trinajstić information content (AvgIpc) is 2.82. The number of alkyl halides is 3. The van der Waals surface area contributed by atoms with E-state index < -0.39 is 17.3 Å². The van der Waals surface area contributed by atoms with Crippen LogP contribution in [0.3, 0.4) is 0 Å². The normalized spacial score (nSPS) is 11.8. The summed E-state index contributed by atoms with van der Waals surface area (Å²) in [5.41, 5.74) is -0.366. The van der Waals surface area contributed by atoms with Crippen molar-refractivity contribution < 1.29 is 17.9 Å². The van der Waals surface area contributed by atoms with Gasteiger partial charge in [-0.3, -0.25) is 4.79 Å². The van der Waals surface area contributed by atoms with Gasteiger partial charge in [0.2, 0.25) is 0 Å². The molecule has 0 atom stereocenters. The summed E-state index contributed by atoms with van der Waals surface area (Å²) >= 11 is 3.39. The first-order valence-corrected chi connectivity index (χ1v) is 10.8. The SMILES string of the molecule is C=CCOc1ccc(Br)cc1C=Nn1c(-c2cccc(C(F)(F)F)c2)nc2ccccc2c1=O. The van der Waals surface area contributed by atoms with Gasteiger partial charge in [0.15, 0.2) is 5.82 Å². The summed E-state index contributed by atoms with van der Waals surface area (Å²) in [7, 11) is 0. The number of aromatic nitrogens is 2. The summed E-state index contributed by atoms with van der Waals surface area (Å²) in [6.45, 7) is 3.88. The van der Waals surface area contributed by atoms with Crippen molar-refractivity contribution in [3.63, 3.8) is 0 Å². The maximum Gasteiger partial charge on any atom is 0.416 e. The van der Waals surface area contributed by atoms with Crippen molar-refractivity contribution in [1.82, 2.24) is 9.66 Å². The zero-order chi connectivity index (χ0) is 24.3. The van der Waals surface area contributed by atoms with Gasteiger partial charge in [0, 0.05) is 15.6 Å². The molecule has 5 nitrogen and oxygen atoms in total. The van der Waals surface area contributed by atoms with Gasteiger partial charge in [0.1, 0.15) is 12.4 Å². The van der Waals surface area contributed by atoms with E-state index >= 15 is 0 Å². The first-order chi connectivity index (χ1) is 16.3. The molecule has 0 bridgehead atoms. The molecule has 9 heteroatoms. The zero-order valence-corrected chi connectivity index (χ0v) is 19.2. The van der Waals surface area contributed by atoms with E-state index in [9.17, 15) is 18.0 Å². The Kier molecular flexibility index (Phi) is 6.65. The summed E-state index contributed by atoms with van der Waals surface area (Å²) in [6.07, 6.45) is -1.56. The molecule has 0 saturated carbocycles. The Hall–Kier alpha value is -3.72. The molecule has 34 heavy (non-hydrogen) atoms. The van der Waals surface area contributed by atoms with E-state index in [-0.39, 0.29) is 23.4 Å². The smallest absolute Gasteiger partial charge is 0.416 e. The minimum absolute atomic E-state index is 0.0189. The molecule has 0 saturated heterocycles. The van der Waals surface area contributed by atoms with Crippen LogP contribution >= 0.6 is 15.9 Å². The van der Waals surface area contributed by atoms with Crippen LogP contribution in [0.2, 0.25) is 0 Å². The summed E-state index contributed by atoms with van der Waals surface area (Å²) in [5, 5.41) is 4.60. The monoisotopic (exact) mass is 527 g/mol. The Morgan fingerprint density at radius 1 is 1.09 bits per heavy atom. The van der Waals surface area contributed by atoms with E-state index in [1.54, 1.807) is 48.5 Å². The largest absolute Gasteiger partial charge is 0.489 e. The van der Waals surface area contributed by atoms with Crippen LogP contribution in [0.15, 0.2) is 93.8 Å². The van der Waals surface area contributed by atoms with Gasteiger partial charge < -0.3 is 4.74 Å². The van der Waals surface area contributed by atoms with Gasteiger partial charge >= 0.3 is 6.18 Å². The van der Waals surface area contributed by atoms with Crippen LogP contribution in [0.5, 0.6) is 5.75 Å². The Bertz CT molecular complexity index is 1460. The fraction of sp³-hybridized carbons (Fsp3) is 0.0800. The molecule has 0 unspecified atom stereocenters. The Morgan fingerprint density at radius 3 is 2.65 bits per heavy atom. The molecular weight excluding hydrogens is 511 g/mol. The fourth-order valence-electron chi connectivity index (χ4n) is 3.27. The minimum atomic E-state index is -4.55. The second-order valence-electron chi connectivity index (χ2n) is 7.17. The fourth-order valence-corrected chi connectivity index (χ4v) is 3.65. The zero-order valence-electron chi connectivity index (χ0n) is 17.6. The third kappa shape index (κ3) is 4.94. The van der Waals surface area contributed by atoms with Crippen LogP contribution < -0.4 is 10.3 Å². The van der Waals surface area contributed by atoms with E-state index in [1.165, 1.54) is 18.3 Å². The molecule has 0 spiro atoms. The van der Waals surface area contributed by atoms with Gasteiger partial charge in [0.25, 0.3) is 5.56 Å².